The third kappa shape index (κ3) is 3.12. The monoisotopic (exact) mass is 330 g/mol. The highest BCUT2D eigenvalue weighted by molar-refractivity contribution is 6.29. The standard InChI is InChI=1S/C16H15ClN4O2/c1-11(20(2)16(22)14-7-8-15(17)23-14)12-3-5-13(6-4-12)21-10-18-9-19-21/h3-11H,1-2H3/t11-/m1/s1. The molecule has 1 atom stereocenters. The van der Waals surface area contributed by atoms with Crippen LogP contribution < -0.4 is 0 Å². The van der Waals surface area contributed by atoms with E-state index in [0.717, 1.165) is 11.3 Å². The molecule has 0 bridgehead atoms. The number of amides is 1. The smallest absolute Gasteiger partial charge is 0.289 e. The Labute approximate surface area is 138 Å². The summed E-state index contributed by atoms with van der Waals surface area (Å²) >= 11 is 5.72. The molecule has 7 heteroatoms. The van der Waals surface area contributed by atoms with Crippen molar-refractivity contribution in [1.82, 2.24) is 19.7 Å². The minimum absolute atomic E-state index is 0.115. The van der Waals surface area contributed by atoms with Gasteiger partial charge in [-0.25, -0.2) is 9.67 Å². The number of benzene rings is 1. The van der Waals surface area contributed by atoms with E-state index in [1.54, 1.807) is 35.1 Å². The van der Waals surface area contributed by atoms with Crippen LogP contribution in [0.2, 0.25) is 5.22 Å². The van der Waals surface area contributed by atoms with Gasteiger partial charge in [-0.15, -0.1) is 0 Å². The summed E-state index contributed by atoms with van der Waals surface area (Å²) in [5.41, 5.74) is 1.91. The Hall–Kier alpha value is -2.60. The largest absolute Gasteiger partial charge is 0.440 e. The van der Waals surface area contributed by atoms with E-state index in [4.69, 9.17) is 16.0 Å². The summed E-state index contributed by atoms with van der Waals surface area (Å²) in [5, 5.41) is 4.28. The highest BCUT2D eigenvalue weighted by Crippen LogP contribution is 2.23. The van der Waals surface area contributed by atoms with Crippen LogP contribution >= 0.6 is 11.6 Å². The molecule has 0 fully saturated rings. The van der Waals surface area contributed by atoms with Crippen LogP contribution in [0.1, 0.15) is 29.1 Å². The molecular weight excluding hydrogens is 316 g/mol. The quantitative estimate of drug-likeness (QED) is 0.736. The summed E-state index contributed by atoms with van der Waals surface area (Å²) in [4.78, 5) is 17.9. The van der Waals surface area contributed by atoms with E-state index in [-0.39, 0.29) is 22.9 Å². The zero-order chi connectivity index (χ0) is 16.4. The Morgan fingerprint density at radius 1 is 1.26 bits per heavy atom. The summed E-state index contributed by atoms with van der Waals surface area (Å²) in [6.07, 6.45) is 3.12. The Balaban J connectivity index is 1.77. The molecule has 23 heavy (non-hydrogen) atoms. The summed E-state index contributed by atoms with van der Waals surface area (Å²) in [6, 6.07) is 10.8. The zero-order valence-electron chi connectivity index (χ0n) is 12.7. The number of halogens is 1. The lowest BCUT2D eigenvalue weighted by molar-refractivity contribution is 0.0710. The van der Waals surface area contributed by atoms with Gasteiger partial charge in [-0.3, -0.25) is 4.79 Å². The lowest BCUT2D eigenvalue weighted by Gasteiger charge is -2.24. The average Bonchev–Trinajstić information content (AvgIpc) is 3.24. The Kier molecular flexibility index (Phi) is 4.16. The van der Waals surface area contributed by atoms with E-state index in [9.17, 15) is 4.79 Å². The van der Waals surface area contributed by atoms with Crippen LogP contribution in [0.4, 0.5) is 0 Å². The van der Waals surface area contributed by atoms with Crippen LogP contribution in [0.25, 0.3) is 5.69 Å². The van der Waals surface area contributed by atoms with Gasteiger partial charge in [0.25, 0.3) is 5.91 Å². The first kappa shape index (κ1) is 15.3. The van der Waals surface area contributed by atoms with Crippen molar-refractivity contribution in [3.8, 4) is 5.69 Å². The van der Waals surface area contributed by atoms with Crippen LogP contribution in [0.15, 0.2) is 53.5 Å². The van der Waals surface area contributed by atoms with Crippen molar-refractivity contribution < 1.29 is 9.21 Å². The Morgan fingerprint density at radius 3 is 2.57 bits per heavy atom. The van der Waals surface area contributed by atoms with Gasteiger partial charge in [-0.2, -0.15) is 5.10 Å². The van der Waals surface area contributed by atoms with Gasteiger partial charge in [0.2, 0.25) is 0 Å². The number of rotatable bonds is 4. The number of carbonyl (C=O) groups excluding carboxylic acids is 1. The van der Waals surface area contributed by atoms with Crippen molar-refractivity contribution in [3.63, 3.8) is 0 Å². The lowest BCUT2D eigenvalue weighted by Crippen LogP contribution is -2.29. The fourth-order valence-electron chi connectivity index (χ4n) is 2.25. The number of furan rings is 1. The maximum absolute atomic E-state index is 12.4. The van der Waals surface area contributed by atoms with Gasteiger partial charge in [0.15, 0.2) is 11.0 Å². The molecule has 3 aromatic rings. The first-order valence-electron chi connectivity index (χ1n) is 7.03. The maximum Gasteiger partial charge on any atom is 0.289 e. The lowest BCUT2D eigenvalue weighted by atomic mass is 10.1. The summed E-state index contributed by atoms with van der Waals surface area (Å²) in [5.74, 6) is 0.00772. The molecule has 0 N–H and O–H groups in total. The van der Waals surface area contributed by atoms with Crippen molar-refractivity contribution in [2.45, 2.75) is 13.0 Å². The van der Waals surface area contributed by atoms with E-state index in [0.29, 0.717) is 0 Å². The van der Waals surface area contributed by atoms with Crippen LogP contribution in [-0.4, -0.2) is 32.6 Å². The van der Waals surface area contributed by atoms with Gasteiger partial charge in [-0.05, 0) is 48.4 Å². The molecule has 0 aliphatic rings. The molecule has 0 saturated heterocycles. The van der Waals surface area contributed by atoms with Crippen molar-refractivity contribution in [2.24, 2.45) is 0 Å². The molecule has 1 aromatic carbocycles. The second-order valence-corrected chi connectivity index (χ2v) is 5.50. The minimum Gasteiger partial charge on any atom is -0.440 e. The normalized spacial score (nSPS) is 12.1. The van der Waals surface area contributed by atoms with E-state index in [1.807, 2.05) is 31.2 Å². The number of nitrogens with zero attached hydrogens (tertiary/aromatic N) is 4. The van der Waals surface area contributed by atoms with E-state index in [2.05, 4.69) is 10.1 Å². The molecule has 6 nitrogen and oxygen atoms in total. The number of hydrogen-bond acceptors (Lipinski definition) is 4. The van der Waals surface area contributed by atoms with Crippen molar-refractivity contribution >= 4 is 17.5 Å². The fourth-order valence-corrected chi connectivity index (χ4v) is 2.40. The fraction of sp³-hybridized carbons (Fsp3) is 0.188. The number of hydrogen-bond donors (Lipinski definition) is 0. The SMILES string of the molecule is C[C@H](c1ccc(-n2cncn2)cc1)N(C)C(=O)c1ccc(Cl)o1. The van der Waals surface area contributed by atoms with Crippen LogP contribution in [0.3, 0.4) is 0 Å². The van der Waals surface area contributed by atoms with E-state index in [1.165, 1.54) is 6.33 Å². The molecular formula is C16H15ClN4O2. The van der Waals surface area contributed by atoms with Gasteiger partial charge in [0.1, 0.15) is 12.7 Å². The van der Waals surface area contributed by atoms with Crippen molar-refractivity contribution in [3.05, 3.63) is 65.6 Å². The molecule has 0 spiro atoms. The second-order valence-electron chi connectivity index (χ2n) is 5.13. The van der Waals surface area contributed by atoms with Crippen LogP contribution in [0.5, 0.6) is 0 Å². The van der Waals surface area contributed by atoms with E-state index >= 15 is 0 Å². The third-order valence-corrected chi connectivity index (χ3v) is 3.95. The molecule has 0 saturated carbocycles. The summed E-state index contributed by atoms with van der Waals surface area (Å²) in [7, 11) is 1.73. The Bertz CT molecular complexity index is 796. The maximum atomic E-state index is 12.4. The minimum atomic E-state index is -0.218. The summed E-state index contributed by atoms with van der Waals surface area (Å²) in [6.45, 7) is 1.95. The van der Waals surface area contributed by atoms with Gasteiger partial charge >= 0.3 is 0 Å². The molecule has 0 aliphatic heterocycles. The van der Waals surface area contributed by atoms with Crippen molar-refractivity contribution in [2.75, 3.05) is 7.05 Å². The number of aromatic nitrogens is 3. The van der Waals surface area contributed by atoms with E-state index < -0.39 is 0 Å². The van der Waals surface area contributed by atoms with Crippen LogP contribution in [-0.2, 0) is 0 Å². The zero-order valence-corrected chi connectivity index (χ0v) is 13.4. The number of carbonyl (C=O) groups is 1. The van der Waals surface area contributed by atoms with Gasteiger partial charge in [0.05, 0.1) is 11.7 Å². The molecule has 2 heterocycles. The highest BCUT2D eigenvalue weighted by atomic mass is 35.5. The first-order chi connectivity index (χ1) is 11.1. The highest BCUT2D eigenvalue weighted by Gasteiger charge is 2.21. The molecule has 1 amide bonds. The first-order valence-corrected chi connectivity index (χ1v) is 7.41. The van der Waals surface area contributed by atoms with Gasteiger partial charge in [0, 0.05) is 7.05 Å². The van der Waals surface area contributed by atoms with Crippen LogP contribution in [0, 0.1) is 0 Å². The van der Waals surface area contributed by atoms with Crippen molar-refractivity contribution in [1.29, 1.82) is 0 Å². The average molecular weight is 331 g/mol. The topological polar surface area (TPSA) is 64.2 Å². The molecule has 0 unspecified atom stereocenters. The van der Waals surface area contributed by atoms with Gasteiger partial charge < -0.3 is 9.32 Å². The Morgan fingerprint density at radius 2 is 2.00 bits per heavy atom. The predicted molar refractivity (Wildman–Crippen MR) is 85.6 cm³/mol. The summed E-state index contributed by atoms with van der Waals surface area (Å²) < 4.78 is 6.85. The molecule has 3 rings (SSSR count). The third-order valence-electron chi connectivity index (χ3n) is 3.74. The van der Waals surface area contributed by atoms with Gasteiger partial charge in [-0.1, -0.05) is 12.1 Å². The molecule has 0 radical (unpaired) electrons. The molecule has 2 aromatic heterocycles. The molecule has 118 valence electrons. The second kappa shape index (κ2) is 6.26. The predicted octanol–water partition coefficient (Wildman–Crippen LogP) is 3.35. The molecule has 0 aliphatic carbocycles.